The summed E-state index contributed by atoms with van der Waals surface area (Å²) in [4.78, 5) is 22.5. The standard InChI is InChI=1S/C19H27N3OS2/c1-21(16-7-4-3-5-8-16)10-11-22(2)18(23)13-15-14-25-19(20-15)17-9-6-12-24-17/h6,9,12,14,16H,3-5,7-8,10-11,13H2,1-2H3. The fourth-order valence-corrected chi connectivity index (χ4v) is 4.96. The number of hydrogen-bond donors (Lipinski definition) is 0. The number of nitrogens with zero attached hydrogens (tertiary/aromatic N) is 3. The summed E-state index contributed by atoms with van der Waals surface area (Å²) < 4.78 is 0. The normalized spacial score (nSPS) is 15.6. The maximum Gasteiger partial charge on any atom is 0.228 e. The molecule has 6 heteroatoms. The van der Waals surface area contributed by atoms with Crippen LogP contribution in [0.5, 0.6) is 0 Å². The van der Waals surface area contributed by atoms with Gasteiger partial charge in [0.1, 0.15) is 5.01 Å². The zero-order valence-corrected chi connectivity index (χ0v) is 16.7. The van der Waals surface area contributed by atoms with Gasteiger partial charge in [-0.25, -0.2) is 4.98 Å². The lowest BCUT2D eigenvalue weighted by atomic mass is 9.94. The highest BCUT2D eigenvalue weighted by Crippen LogP contribution is 2.28. The summed E-state index contributed by atoms with van der Waals surface area (Å²) in [5, 5.41) is 5.07. The Morgan fingerprint density at radius 3 is 2.72 bits per heavy atom. The van der Waals surface area contributed by atoms with E-state index in [0.717, 1.165) is 23.8 Å². The predicted molar refractivity (Wildman–Crippen MR) is 106 cm³/mol. The molecule has 1 amide bonds. The summed E-state index contributed by atoms with van der Waals surface area (Å²) in [6, 6.07) is 4.80. The first kappa shape index (κ1) is 18.5. The average Bonchev–Trinajstić information content (AvgIpc) is 3.31. The number of hydrogen-bond acceptors (Lipinski definition) is 5. The Hall–Kier alpha value is -1.24. The Morgan fingerprint density at radius 1 is 1.20 bits per heavy atom. The molecule has 3 rings (SSSR count). The number of thiophene rings is 1. The molecule has 0 aliphatic heterocycles. The SMILES string of the molecule is CN(CCN(C)C1CCCCC1)C(=O)Cc1csc(-c2cccs2)n1. The van der Waals surface area contributed by atoms with Gasteiger partial charge in [-0.2, -0.15) is 0 Å². The van der Waals surface area contributed by atoms with Crippen molar-refractivity contribution < 1.29 is 4.79 Å². The van der Waals surface area contributed by atoms with E-state index in [0.29, 0.717) is 12.5 Å². The highest BCUT2D eigenvalue weighted by Gasteiger charge is 2.19. The van der Waals surface area contributed by atoms with Crippen LogP contribution in [0, 0.1) is 0 Å². The van der Waals surface area contributed by atoms with E-state index in [2.05, 4.69) is 28.4 Å². The van der Waals surface area contributed by atoms with Gasteiger partial charge >= 0.3 is 0 Å². The highest BCUT2D eigenvalue weighted by atomic mass is 32.1. The predicted octanol–water partition coefficient (Wildman–Crippen LogP) is 4.14. The van der Waals surface area contributed by atoms with Gasteiger partial charge in [-0.05, 0) is 31.3 Å². The van der Waals surface area contributed by atoms with Gasteiger partial charge in [0.25, 0.3) is 0 Å². The van der Waals surface area contributed by atoms with E-state index in [-0.39, 0.29) is 5.91 Å². The fraction of sp³-hybridized carbons (Fsp3) is 0.579. The number of carbonyl (C=O) groups excluding carboxylic acids is 1. The second-order valence-corrected chi connectivity index (χ2v) is 8.69. The molecule has 0 aromatic carbocycles. The molecule has 1 saturated carbocycles. The van der Waals surface area contributed by atoms with Crippen LogP contribution in [0.15, 0.2) is 22.9 Å². The zero-order chi connectivity index (χ0) is 17.6. The summed E-state index contributed by atoms with van der Waals surface area (Å²) in [7, 11) is 4.10. The minimum absolute atomic E-state index is 0.153. The molecule has 2 aromatic heterocycles. The lowest BCUT2D eigenvalue weighted by molar-refractivity contribution is -0.129. The summed E-state index contributed by atoms with van der Waals surface area (Å²) in [5.41, 5.74) is 0.880. The van der Waals surface area contributed by atoms with Crippen molar-refractivity contribution in [3.05, 3.63) is 28.6 Å². The molecular formula is C19H27N3OS2. The van der Waals surface area contributed by atoms with Crippen LogP contribution in [-0.4, -0.2) is 53.9 Å². The Morgan fingerprint density at radius 2 is 2.00 bits per heavy atom. The smallest absolute Gasteiger partial charge is 0.228 e. The average molecular weight is 378 g/mol. The van der Waals surface area contributed by atoms with Gasteiger partial charge < -0.3 is 9.80 Å². The molecule has 0 saturated heterocycles. The summed E-state index contributed by atoms with van der Waals surface area (Å²) in [6.45, 7) is 1.73. The minimum atomic E-state index is 0.153. The van der Waals surface area contributed by atoms with E-state index in [9.17, 15) is 4.79 Å². The lowest BCUT2D eigenvalue weighted by Gasteiger charge is -2.32. The molecule has 0 unspecified atom stereocenters. The molecule has 1 aliphatic carbocycles. The van der Waals surface area contributed by atoms with E-state index in [4.69, 9.17) is 0 Å². The van der Waals surface area contributed by atoms with Crippen LogP contribution in [0.4, 0.5) is 0 Å². The van der Waals surface area contributed by atoms with Crippen LogP contribution in [0.2, 0.25) is 0 Å². The van der Waals surface area contributed by atoms with E-state index in [1.165, 1.54) is 37.0 Å². The largest absolute Gasteiger partial charge is 0.344 e. The summed E-state index contributed by atoms with van der Waals surface area (Å²) in [6.07, 6.45) is 7.08. The molecule has 0 atom stereocenters. The third-order valence-electron chi connectivity index (χ3n) is 5.03. The van der Waals surface area contributed by atoms with Crippen molar-refractivity contribution in [3.63, 3.8) is 0 Å². The number of rotatable bonds is 7. The number of carbonyl (C=O) groups is 1. The van der Waals surface area contributed by atoms with Crippen molar-refractivity contribution in [3.8, 4) is 9.88 Å². The second kappa shape index (κ2) is 8.92. The van der Waals surface area contributed by atoms with Crippen molar-refractivity contribution in [2.24, 2.45) is 0 Å². The first-order valence-electron chi connectivity index (χ1n) is 9.06. The highest BCUT2D eigenvalue weighted by molar-refractivity contribution is 7.20. The lowest BCUT2D eigenvalue weighted by Crippen LogP contribution is -2.40. The summed E-state index contributed by atoms with van der Waals surface area (Å²) >= 11 is 3.30. The molecule has 136 valence electrons. The molecule has 2 heterocycles. The van der Waals surface area contributed by atoms with Gasteiger partial charge in [-0.1, -0.05) is 25.3 Å². The number of thiazole rings is 1. The molecule has 0 bridgehead atoms. The second-order valence-electron chi connectivity index (χ2n) is 6.89. The van der Waals surface area contributed by atoms with E-state index in [1.54, 1.807) is 22.7 Å². The molecule has 2 aromatic rings. The van der Waals surface area contributed by atoms with Crippen molar-refractivity contribution in [2.75, 3.05) is 27.2 Å². The van der Waals surface area contributed by atoms with Gasteiger partial charge in [-0.3, -0.25) is 4.79 Å². The number of amides is 1. The number of aromatic nitrogens is 1. The maximum absolute atomic E-state index is 12.5. The fourth-order valence-electron chi connectivity index (χ4n) is 3.33. The van der Waals surface area contributed by atoms with E-state index in [1.807, 2.05) is 23.4 Å². The maximum atomic E-state index is 12.5. The molecule has 0 spiro atoms. The number of likely N-dealkylation sites (N-methyl/N-ethyl adjacent to an activating group) is 2. The monoisotopic (exact) mass is 377 g/mol. The Bertz CT molecular complexity index is 662. The van der Waals surface area contributed by atoms with Crippen molar-refractivity contribution >= 4 is 28.6 Å². The van der Waals surface area contributed by atoms with Crippen LogP contribution < -0.4 is 0 Å². The van der Waals surface area contributed by atoms with Gasteiger partial charge in [0.05, 0.1) is 17.0 Å². The first-order valence-corrected chi connectivity index (χ1v) is 10.8. The third kappa shape index (κ3) is 5.12. The van der Waals surface area contributed by atoms with E-state index < -0.39 is 0 Å². The van der Waals surface area contributed by atoms with Gasteiger partial charge in [0.15, 0.2) is 0 Å². The van der Waals surface area contributed by atoms with Crippen molar-refractivity contribution in [1.82, 2.24) is 14.8 Å². The Kier molecular flexibility index (Phi) is 6.62. The van der Waals surface area contributed by atoms with Crippen LogP contribution in [0.1, 0.15) is 37.8 Å². The quantitative estimate of drug-likeness (QED) is 0.728. The summed E-state index contributed by atoms with van der Waals surface area (Å²) in [5.74, 6) is 0.153. The third-order valence-corrected chi connectivity index (χ3v) is 6.96. The van der Waals surface area contributed by atoms with Gasteiger partial charge in [0, 0.05) is 31.6 Å². The van der Waals surface area contributed by atoms with Crippen LogP contribution in [-0.2, 0) is 11.2 Å². The van der Waals surface area contributed by atoms with Crippen molar-refractivity contribution in [1.29, 1.82) is 0 Å². The Labute approximate surface area is 158 Å². The molecule has 1 fully saturated rings. The van der Waals surface area contributed by atoms with Crippen LogP contribution in [0.25, 0.3) is 9.88 Å². The molecule has 0 N–H and O–H groups in total. The molecule has 4 nitrogen and oxygen atoms in total. The first-order chi connectivity index (χ1) is 12.1. The van der Waals surface area contributed by atoms with Crippen LogP contribution >= 0.6 is 22.7 Å². The van der Waals surface area contributed by atoms with Crippen molar-refractivity contribution in [2.45, 2.75) is 44.6 Å². The Balaban J connectivity index is 1.46. The molecular weight excluding hydrogens is 350 g/mol. The minimum Gasteiger partial charge on any atom is -0.344 e. The van der Waals surface area contributed by atoms with Gasteiger partial charge in [-0.15, -0.1) is 22.7 Å². The van der Waals surface area contributed by atoms with E-state index >= 15 is 0 Å². The van der Waals surface area contributed by atoms with Crippen LogP contribution in [0.3, 0.4) is 0 Å². The molecule has 0 radical (unpaired) electrons. The molecule has 25 heavy (non-hydrogen) atoms. The topological polar surface area (TPSA) is 36.4 Å². The van der Waals surface area contributed by atoms with Gasteiger partial charge in [0.2, 0.25) is 5.91 Å². The molecule has 1 aliphatic rings. The zero-order valence-electron chi connectivity index (χ0n) is 15.1.